The van der Waals surface area contributed by atoms with Gasteiger partial charge < -0.3 is 71.3 Å². The van der Waals surface area contributed by atoms with E-state index in [-0.39, 0.29) is 94.9 Å². The molecule has 0 aliphatic carbocycles. The lowest BCUT2D eigenvalue weighted by Crippen LogP contribution is -2.41. The van der Waals surface area contributed by atoms with Crippen LogP contribution >= 0.6 is 0 Å². The average molecular weight is 1410 g/mol. The van der Waals surface area contributed by atoms with Crippen LogP contribution in [-0.4, -0.2) is 167 Å². The van der Waals surface area contributed by atoms with E-state index in [1.807, 2.05) is 60.7 Å². The maximum absolute atomic E-state index is 12.6. The molecule has 1 aliphatic rings. The monoisotopic (exact) mass is 1410 g/mol. The number of ketones is 2. The van der Waals surface area contributed by atoms with Gasteiger partial charge in [0.2, 0.25) is 17.7 Å². The lowest BCUT2D eigenvalue weighted by molar-refractivity contribution is -0.197. The summed E-state index contributed by atoms with van der Waals surface area (Å²) in [4.78, 5) is 130. The molecule has 2 atom stereocenters. The summed E-state index contributed by atoms with van der Waals surface area (Å²) in [5.41, 5.74) is 36.3. The molecule has 4 aromatic carbocycles. The highest BCUT2D eigenvalue weighted by molar-refractivity contribution is 6.01. The second-order valence-electron chi connectivity index (χ2n) is 23.5. The zero-order valence-electron chi connectivity index (χ0n) is 58.5. The number of amides is 7. The zero-order chi connectivity index (χ0) is 74.4. The number of imide groups is 1. The molecule has 1 fully saturated rings. The Morgan fingerprint density at radius 1 is 0.545 bits per heavy atom. The van der Waals surface area contributed by atoms with Crippen molar-refractivity contribution >= 4 is 70.6 Å². The molecule has 0 bridgehead atoms. The number of benzene rings is 4. The van der Waals surface area contributed by atoms with Crippen LogP contribution in [0.15, 0.2) is 119 Å². The summed E-state index contributed by atoms with van der Waals surface area (Å²) >= 11 is 0. The number of nitrogens with one attached hydrogen (secondary N) is 3. The molecule has 31 nitrogen and oxygen atoms in total. The van der Waals surface area contributed by atoms with Gasteiger partial charge in [0, 0.05) is 99.1 Å². The summed E-state index contributed by atoms with van der Waals surface area (Å²) in [5.74, 6) is -1.84. The first-order valence-electron chi connectivity index (χ1n) is 33.5. The van der Waals surface area contributed by atoms with Gasteiger partial charge in [-0.25, -0.2) is 14.4 Å². The van der Waals surface area contributed by atoms with Crippen molar-refractivity contribution in [3.63, 3.8) is 0 Å². The maximum Gasteiger partial charge on any atom is 0.408 e. The minimum atomic E-state index is -0.888. The highest BCUT2D eigenvalue weighted by Crippen LogP contribution is 2.18. The van der Waals surface area contributed by atoms with Crippen LogP contribution in [0.25, 0.3) is 20.9 Å². The minimum absolute atomic E-state index is 0.00957. The van der Waals surface area contributed by atoms with E-state index in [1.165, 1.54) is 19.6 Å². The van der Waals surface area contributed by atoms with E-state index in [9.17, 15) is 47.9 Å². The first-order chi connectivity index (χ1) is 48.5. The van der Waals surface area contributed by atoms with Crippen LogP contribution < -0.4 is 33.2 Å². The predicted octanol–water partition coefficient (Wildman–Crippen LogP) is 8.52. The Morgan fingerprint density at radius 2 is 0.950 bits per heavy atom. The summed E-state index contributed by atoms with van der Waals surface area (Å²) in [6.07, 6.45) is 0.184. The molecule has 0 saturated carbocycles. The van der Waals surface area contributed by atoms with Crippen molar-refractivity contribution in [3.05, 3.63) is 152 Å². The van der Waals surface area contributed by atoms with Crippen molar-refractivity contribution in [3.8, 4) is 0 Å². The number of ether oxygens (including phenoxy) is 6. The Morgan fingerprint density at radius 3 is 1.34 bits per heavy atom. The van der Waals surface area contributed by atoms with Crippen LogP contribution in [-0.2, 0) is 97.7 Å². The third kappa shape index (κ3) is 44.0. The van der Waals surface area contributed by atoms with Gasteiger partial charge in [-0.05, 0) is 77.4 Å². The minimum Gasteiger partial charge on any atom is -0.445 e. The number of hydrogen-bond acceptors (Lipinski definition) is 21. The number of primary amides is 2. The van der Waals surface area contributed by atoms with E-state index in [0.29, 0.717) is 101 Å². The van der Waals surface area contributed by atoms with E-state index in [4.69, 9.17) is 61.5 Å². The summed E-state index contributed by atoms with van der Waals surface area (Å²) < 4.78 is 31.8. The van der Waals surface area contributed by atoms with Crippen molar-refractivity contribution in [1.82, 2.24) is 25.9 Å². The second-order valence-corrected chi connectivity index (χ2v) is 23.5. The molecule has 0 radical (unpaired) electrons. The molecular weight excluding hydrogens is 1310 g/mol. The largest absolute Gasteiger partial charge is 0.445 e. The summed E-state index contributed by atoms with van der Waals surface area (Å²) in [6.45, 7) is 19.0. The predicted molar refractivity (Wildman–Crippen MR) is 375 cm³/mol. The van der Waals surface area contributed by atoms with Gasteiger partial charge in [-0.3, -0.25) is 33.6 Å². The summed E-state index contributed by atoms with van der Waals surface area (Å²) in [7, 11) is 0. The van der Waals surface area contributed by atoms with E-state index in [0.717, 1.165) is 28.5 Å². The molecular formula is C70H100N14O17. The molecule has 0 spiro atoms. The third-order valence-corrected chi connectivity index (χ3v) is 13.9. The summed E-state index contributed by atoms with van der Waals surface area (Å²) in [5, 5.41) is 15.2. The fraction of sp³-hybridized carbons (Fsp3) is 0.514. The number of azide groups is 2. The van der Waals surface area contributed by atoms with Crippen LogP contribution in [0.2, 0.25) is 0 Å². The number of hydrogen-bond donors (Lipinski definition) is 6. The molecule has 1 heterocycles. The first kappa shape index (κ1) is 87.2. The van der Waals surface area contributed by atoms with Gasteiger partial charge in [-0.1, -0.05) is 154 Å². The normalized spacial score (nSPS) is 12.0. The topological polar surface area (TPSA) is 453 Å². The van der Waals surface area contributed by atoms with Gasteiger partial charge in [0.15, 0.2) is 11.6 Å². The van der Waals surface area contributed by atoms with Crippen molar-refractivity contribution < 1.29 is 81.2 Å². The molecule has 2 unspecified atom stereocenters. The number of Topliss-reactive ketones (excluding diaryl/α,β-unsaturated/α-hetero) is 2. The standard InChI is InChI=1S/C28H36N6O7.C20H31N3O6.C12H10N4O4.C10H23N/c29-26(36)13-12-24(32-28(38)41-20-22-5-2-1-3-6-22)25(35)7-4-15-39-17-18-40-16-14-31-27(37)19-21-8-10-23(11-9-21)33-34-30;21-10-12-28-14-13-27-11-4-7-18(24)17(8-9-19(22)25)23-20(26)29-15-16-5-2-1-3-6-16;13-15-14-9-3-1-8(2-4-9)7-12(19)20-16-10(17)5-6-11(16)18;1-6-11(7-9(2)3)8-10(4)5/h1-3,5-6,8-11,24H,4,7,12-20H2,(H2,29,36)(H,31,37)(H,32,38);1-3,5-6,17H,4,7-15,21H2,(H2,22,25)(H,23,26);1-4H,5-7H2;9-10H,6-8H2,1-5H3. The molecule has 552 valence electrons. The fourth-order valence-electron chi connectivity index (χ4n) is 9.09. The Hall–Kier alpha value is -9.84. The lowest BCUT2D eigenvalue weighted by Gasteiger charge is -2.24. The Labute approximate surface area is 589 Å². The maximum atomic E-state index is 12.6. The number of carbonyl (C=O) groups excluding carboxylic acids is 10. The van der Waals surface area contributed by atoms with Gasteiger partial charge in [-0.2, -0.15) is 0 Å². The molecule has 7 amide bonds. The second kappa shape index (κ2) is 54.0. The van der Waals surface area contributed by atoms with E-state index < -0.39 is 53.9 Å². The molecule has 1 saturated heterocycles. The van der Waals surface area contributed by atoms with Crippen molar-refractivity contribution in [1.29, 1.82) is 0 Å². The third-order valence-electron chi connectivity index (χ3n) is 13.9. The van der Waals surface area contributed by atoms with E-state index in [2.05, 4.69) is 75.5 Å². The molecule has 9 N–H and O–H groups in total. The average Bonchev–Trinajstić information content (AvgIpc) is 1.77. The summed E-state index contributed by atoms with van der Waals surface area (Å²) in [6, 6.07) is 29.6. The van der Waals surface area contributed by atoms with Crippen LogP contribution in [0.1, 0.15) is 121 Å². The number of hydroxylamine groups is 2. The Kier molecular flexibility index (Phi) is 46.7. The van der Waals surface area contributed by atoms with Crippen molar-refractivity contribution in [2.24, 2.45) is 39.3 Å². The molecule has 0 aromatic heterocycles. The molecule has 101 heavy (non-hydrogen) atoms. The molecule has 1 aliphatic heterocycles. The van der Waals surface area contributed by atoms with E-state index in [1.54, 1.807) is 48.5 Å². The first-order valence-corrected chi connectivity index (χ1v) is 33.5. The van der Waals surface area contributed by atoms with Crippen molar-refractivity contribution in [2.75, 3.05) is 85.6 Å². The zero-order valence-corrected chi connectivity index (χ0v) is 58.5. The number of alkyl carbamates (subject to hydrolysis) is 2. The van der Waals surface area contributed by atoms with Gasteiger partial charge in [0.1, 0.15) is 13.2 Å². The number of rotatable bonds is 45. The van der Waals surface area contributed by atoms with E-state index >= 15 is 0 Å². The van der Waals surface area contributed by atoms with Crippen molar-refractivity contribution in [2.45, 2.75) is 137 Å². The highest BCUT2D eigenvalue weighted by Gasteiger charge is 2.33. The molecule has 4 aromatic rings. The van der Waals surface area contributed by atoms with Gasteiger partial charge in [0.05, 0.1) is 64.6 Å². The van der Waals surface area contributed by atoms with Crippen LogP contribution in [0, 0.1) is 11.8 Å². The van der Waals surface area contributed by atoms with Crippen LogP contribution in [0.5, 0.6) is 0 Å². The quantitative estimate of drug-likeness (QED) is 0.00793. The smallest absolute Gasteiger partial charge is 0.408 e. The number of carbonyl (C=O) groups is 10. The van der Waals surface area contributed by atoms with Crippen LogP contribution in [0.3, 0.4) is 0 Å². The Balaban J connectivity index is 0.000000501. The molecule has 31 heteroatoms. The molecule has 5 rings (SSSR count). The van der Waals surface area contributed by atoms with Gasteiger partial charge >= 0.3 is 18.2 Å². The highest BCUT2D eigenvalue weighted by atomic mass is 16.7. The lowest BCUT2D eigenvalue weighted by atomic mass is 10.0. The number of nitrogens with zero attached hydrogens (tertiary/aromatic N) is 8. The SMILES string of the molecule is CCN(CC(C)C)CC(C)C.NCCOCCOCCCC(=O)C(CCC(N)=O)NC(=O)OCc1ccccc1.[N-]=[N+]=Nc1ccc(CC(=O)NCCOCCOCCCC(=O)C(CCC(N)=O)NC(=O)OCc2ccccc2)cc1.[N-]=[N+]=Nc1ccc(CC(=O)ON2C(=O)CCC2=O)cc1. The Bertz CT molecular complexity index is 3180. The van der Waals surface area contributed by atoms with Gasteiger partial charge in [0.25, 0.3) is 11.8 Å². The fourth-order valence-corrected chi connectivity index (χ4v) is 9.09. The number of nitrogens with two attached hydrogens (primary N) is 3. The van der Waals surface area contributed by atoms with Crippen LogP contribution in [0.4, 0.5) is 21.0 Å². The van der Waals surface area contributed by atoms with Gasteiger partial charge in [-0.15, -0.1) is 5.06 Å².